The Labute approximate surface area is 204 Å². The summed E-state index contributed by atoms with van der Waals surface area (Å²) < 4.78 is 2.18. The minimum absolute atomic E-state index is 0.00568. The van der Waals surface area contributed by atoms with Gasteiger partial charge in [-0.3, -0.25) is 14.5 Å². The SMILES string of the molecule is O=C(C1CC(=O)N(c2ccc(Cl)cc2)C1)N1CCN(CCn2ccnc2-c2ccccc2)CC1. The molecule has 34 heavy (non-hydrogen) atoms. The van der Waals surface area contributed by atoms with Gasteiger partial charge in [0.25, 0.3) is 0 Å². The minimum atomic E-state index is -0.283. The van der Waals surface area contributed by atoms with Crippen molar-refractivity contribution >= 4 is 29.1 Å². The number of imidazole rings is 1. The molecule has 2 aliphatic rings. The lowest BCUT2D eigenvalue weighted by atomic mass is 10.1. The van der Waals surface area contributed by atoms with Crippen LogP contribution in [-0.4, -0.2) is 70.4 Å². The Bertz CT molecular complexity index is 1140. The summed E-state index contributed by atoms with van der Waals surface area (Å²) in [5.41, 5.74) is 1.91. The van der Waals surface area contributed by atoms with Crippen molar-refractivity contribution in [3.05, 3.63) is 72.0 Å². The van der Waals surface area contributed by atoms with E-state index in [1.165, 1.54) is 0 Å². The molecule has 8 heteroatoms. The summed E-state index contributed by atoms with van der Waals surface area (Å²) in [5, 5.41) is 0.630. The molecule has 0 spiro atoms. The van der Waals surface area contributed by atoms with Crippen molar-refractivity contribution in [3.63, 3.8) is 0 Å². The third kappa shape index (κ3) is 4.86. The van der Waals surface area contributed by atoms with Gasteiger partial charge >= 0.3 is 0 Å². The second kappa shape index (κ2) is 9.99. The molecule has 5 rings (SSSR count). The van der Waals surface area contributed by atoms with Crippen molar-refractivity contribution in [3.8, 4) is 11.4 Å². The first-order valence-corrected chi connectivity index (χ1v) is 12.1. The van der Waals surface area contributed by atoms with E-state index < -0.39 is 0 Å². The molecule has 7 nitrogen and oxygen atoms in total. The first kappa shape index (κ1) is 22.6. The lowest BCUT2D eigenvalue weighted by Crippen LogP contribution is -2.51. The maximum atomic E-state index is 13.1. The van der Waals surface area contributed by atoms with E-state index in [1.54, 1.807) is 17.0 Å². The highest BCUT2D eigenvalue weighted by Crippen LogP contribution is 2.27. The van der Waals surface area contributed by atoms with Crippen LogP contribution < -0.4 is 4.90 Å². The molecule has 1 aromatic heterocycles. The lowest BCUT2D eigenvalue weighted by molar-refractivity contribution is -0.137. The Hall–Kier alpha value is -3.16. The van der Waals surface area contributed by atoms with Crippen LogP contribution in [0.5, 0.6) is 0 Å². The highest BCUT2D eigenvalue weighted by molar-refractivity contribution is 6.30. The van der Waals surface area contributed by atoms with Crippen molar-refractivity contribution < 1.29 is 9.59 Å². The molecule has 176 valence electrons. The van der Waals surface area contributed by atoms with E-state index in [1.807, 2.05) is 47.6 Å². The Morgan fingerprint density at radius 2 is 1.71 bits per heavy atom. The van der Waals surface area contributed by atoms with Crippen LogP contribution >= 0.6 is 11.6 Å². The summed E-state index contributed by atoms with van der Waals surface area (Å²) in [6.45, 7) is 5.25. The van der Waals surface area contributed by atoms with Crippen LogP contribution in [0.25, 0.3) is 11.4 Å². The number of hydrogen-bond donors (Lipinski definition) is 0. The lowest BCUT2D eigenvalue weighted by Gasteiger charge is -2.36. The molecule has 0 aliphatic carbocycles. The predicted octanol–water partition coefficient (Wildman–Crippen LogP) is 3.40. The molecule has 1 atom stereocenters. The van der Waals surface area contributed by atoms with Gasteiger partial charge in [-0.1, -0.05) is 41.9 Å². The highest BCUT2D eigenvalue weighted by Gasteiger charge is 2.37. The molecule has 1 unspecified atom stereocenters. The first-order valence-electron chi connectivity index (χ1n) is 11.7. The van der Waals surface area contributed by atoms with Gasteiger partial charge in [0.2, 0.25) is 11.8 Å². The second-order valence-electron chi connectivity index (χ2n) is 8.86. The molecule has 2 aliphatic heterocycles. The number of piperazine rings is 1. The van der Waals surface area contributed by atoms with Crippen LogP contribution in [0.1, 0.15) is 6.42 Å². The van der Waals surface area contributed by atoms with Gasteiger partial charge in [0, 0.05) is 80.9 Å². The predicted molar refractivity (Wildman–Crippen MR) is 133 cm³/mol. The normalized spacial score (nSPS) is 19.1. The third-order valence-electron chi connectivity index (χ3n) is 6.70. The van der Waals surface area contributed by atoms with E-state index in [4.69, 9.17) is 11.6 Å². The number of carbonyl (C=O) groups is 2. The number of hydrogen-bond acceptors (Lipinski definition) is 4. The zero-order valence-corrected chi connectivity index (χ0v) is 19.8. The molecule has 2 amide bonds. The summed E-state index contributed by atoms with van der Waals surface area (Å²) >= 11 is 5.96. The summed E-state index contributed by atoms with van der Waals surface area (Å²) in [7, 11) is 0. The number of benzene rings is 2. The number of halogens is 1. The zero-order chi connectivity index (χ0) is 23.5. The van der Waals surface area contributed by atoms with Gasteiger partial charge in [-0.25, -0.2) is 4.98 Å². The van der Waals surface area contributed by atoms with Crippen LogP contribution in [0.3, 0.4) is 0 Å². The van der Waals surface area contributed by atoms with Gasteiger partial charge in [0.1, 0.15) is 5.82 Å². The topological polar surface area (TPSA) is 61.7 Å². The van der Waals surface area contributed by atoms with E-state index in [0.717, 1.165) is 43.3 Å². The third-order valence-corrected chi connectivity index (χ3v) is 6.95. The molecule has 2 fully saturated rings. The fraction of sp³-hybridized carbons (Fsp3) is 0.346. The van der Waals surface area contributed by atoms with E-state index in [-0.39, 0.29) is 24.2 Å². The van der Waals surface area contributed by atoms with E-state index >= 15 is 0 Å². The molecule has 3 heterocycles. The van der Waals surface area contributed by atoms with Gasteiger partial charge in [0.15, 0.2) is 0 Å². The summed E-state index contributed by atoms with van der Waals surface area (Å²) in [6, 6.07) is 17.4. The number of rotatable bonds is 6. The quantitative estimate of drug-likeness (QED) is 0.546. The van der Waals surface area contributed by atoms with E-state index in [2.05, 4.69) is 26.6 Å². The Morgan fingerprint density at radius 1 is 0.971 bits per heavy atom. The molecule has 2 aromatic carbocycles. The number of anilines is 1. The number of nitrogens with zero attached hydrogens (tertiary/aromatic N) is 5. The zero-order valence-electron chi connectivity index (χ0n) is 19.0. The maximum Gasteiger partial charge on any atom is 0.228 e. The largest absolute Gasteiger partial charge is 0.340 e. The summed E-state index contributed by atoms with van der Waals surface area (Å²) in [5.74, 6) is 0.777. The van der Waals surface area contributed by atoms with E-state index in [0.29, 0.717) is 24.7 Å². The molecule has 0 saturated carbocycles. The Balaban J connectivity index is 1.12. The molecule has 0 N–H and O–H groups in total. The molecule has 3 aromatic rings. The van der Waals surface area contributed by atoms with Crippen LogP contribution in [0.15, 0.2) is 67.0 Å². The van der Waals surface area contributed by atoms with Crippen LogP contribution in [0.4, 0.5) is 5.69 Å². The molecule has 2 saturated heterocycles. The van der Waals surface area contributed by atoms with Gasteiger partial charge < -0.3 is 14.4 Å². The van der Waals surface area contributed by atoms with Gasteiger partial charge in [-0.2, -0.15) is 0 Å². The molecule has 0 bridgehead atoms. The number of amides is 2. The Morgan fingerprint density at radius 3 is 2.44 bits per heavy atom. The minimum Gasteiger partial charge on any atom is -0.340 e. The van der Waals surface area contributed by atoms with Gasteiger partial charge in [-0.15, -0.1) is 0 Å². The molecule has 0 radical (unpaired) electrons. The van der Waals surface area contributed by atoms with Crippen molar-refractivity contribution in [1.29, 1.82) is 0 Å². The van der Waals surface area contributed by atoms with Gasteiger partial charge in [-0.05, 0) is 24.3 Å². The maximum absolute atomic E-state index is 13.1. The Kier molecular flexibility index (Phi) is 6.65. The van der Waals surface area contributed by atoms with Crippen LogP contribution in [0.2, 0.25) is 5.02 Å². The molecular formula is C26H28ClN5O2. The number of aromatic nitrogens is 2. The van der Waals surface area contributed by atoms with Gasteiger partial charge in [0.05, 0.1) is 5.92 Å². The average molecular weight is 478 g/mol. The number of carbonyl (C=O) groups excluding carboxylic acids is 2. The first-order chi connectivity index (χ1) is 16.6. The summed E-state index contributed by atoms with van der Waals surface area (Å²) in [6.07, 6.45) is 4.13. The fourth-order valence-electron chi connectivity index (χ4n) is 4.78. The highest BCUT2D eigenvalue weighted by atomic mass is 35.5. The van der Waals surface area contributed by atoms with Crippen molar-refractivity contribution in [1.82, 2.24) is 19.4 Å². The van der Waals surface area contributed by atoms with Crippen molar-refractivity contribution in [2.75, 3.05) is 44.2 Å². The van der Waals surface area contributed by atoms with Crippen LogP contribution in [-0.2, 0) is 16.1 Å². The smallest absolute Gasteiger partial charge is 0.228 e. The average Bonchev–Trinajstić information content (AvgIpc) is 3.50. The van der Waals surface area contributed by atoms with Crippen LogP contribution in [0, 0.1) is 5.92 Å². The second-order valence-corrected chi connectivity index (χ2v) is 9.30. The van der Waals surface area contributed by atoms with Crippen molar-refractivity contribution in [2.24, 2.45) is 5.92 Å². The van der Waals surface area contributed by atoms with E-state index in [9.17, 15) is 9.59 Å². The monoisotopic (exact) mass is 477 g/mol. The standard InChI is InChI=1S/C26H28ClN5O2/c27-22-6-8-23(9-7-22)32-19-21(18-24(32)33)26(34)31-16-13-29(14-17-31)12-15-30-11-10-28-25(30)20-4-2-1-3-5-20/h1-11,21H,12-19H2. The molecular weight excluding hydrogens is 450 g/mol. The van der Waals surface area contributed by atoms with Crippen molar-refractivity contribution in [2.45, 2.75) is 13.0 Å². The summed E-state index contributed by atoms with van der Waals surface area (Å²) in [4.78, 5) is 36.2. The fourth-order valence-corrected chi connectivity index (χ4v) is 4.91.